The van der Waals surface area contributed by atoms with Gasteiger partial charge in [-0.15, -0.1) is 6.42 Å². The lowest BCUT2D eigenvalue weighted by atomic mass is 9.92. The average molecular weight is 1210 g/mol. The number of nitrogens with one attached hydrogen (secondary N) is 4. The number of unbranched alkanes of at least 4 members (excludes halogenated alkanes) is 3. The first-order valence-corrected chi connectivity index (χ1v) is 27.0. The lowest BCUT2D eigenvalue weighted by Gasteiger charge is -2.39. The summed E-state index contributed by atoms with van der Waals surface area (Å²) in [6.07, 6.45) is -3.04. The number of ether oxygens (including phenoxy) is 14. The Bertz CT molecular complexity index is 2430. The third kappa shape index (κ3) is 24.3. The maximum absolute atomic E-state index is 13.7. The van der Waals surface area contributed by atoms with Gasteiger partial charge in [0.2, 0.25) is 29.2 Å². The molecule has 4 aliphatic rings. The van der Waals surface area contributed by atoms with Crippen molar-refractivity contribution in [2.75, 3.05) is 106 Å². The fourth-order valence-corrected chi connectivity index (χ4v) is 8.71. The summed E-state index contributed by atoms with van der Waals surface area (Å²) in [7, 11) is 2.18. The second-order valence-corrected chi connectivity index (χ2v) is 18.8. The Hall–Kier alpha value is -8.55. The van der Waals surface area contributed by atoms with Gasteiger partial charge in [-0.25, -0.2) is 38.8 Å². The summed E-state index contributed by atoms with van der Waals surface area (Å²) in [6.45, 7) is 4.30. The van der Waals surface area contributed by atoms with Crippen LogP contribution in [0, 0.1) is 12.3 Å². The topological polar surface area (TPSA) is 463 Å². The molecule has 2 fully saturated rings. The van der Waals surface area contributed by atoms with E-state index in [9.17, 15) is 43.2 Å². The van der Waals surface area contributed by atoms with Gasteiger partial charge in [-0.2, -0.15) is 0 Å². The summed E-state index contributed by atoms with van der Waals surface area (Å²) in [5.41, 5.74) is 22.7. The van der Waals surface area contributed by atoms with Gasteiger partial charge >= 0.3 is 36.4 Å². The van der Waals surface area contributed by atoms with Crippen molar-refractivity contribution in [2.45, 2.75) is 113 Å². The second kappa shape index (κ2) is 36.9. The number of terminal acetylenes is 1. The molecule has 4 rings (SSSR count). The van der Waals surface area contributed by atoms with Crippen LogP contribution in [0.5, 0.6) is 0 Å². The first-order chi connectivity index (χ1) is 40.7. The summed E-state index contributed by atoms with van der Waals surface area (Å²) in [5.74, 6) is -2.54. The van der Waals surface area contributed by atoms with Crippen molar-refractivity contribution in [3.63, 3.8) is 0 Å². The number of carbonyl (C=O) groups excluding carboxylic acids is 9. The highest BCUT2D eigenvalue weighted by atomic mass is 16.8. The van der Waals surface area contributed by atoms with Crippen molar-refractivity contribution in [1.29, 1.82) is 0 Å². The number of nitrogens with two attached hydrogens (primary N) is 4. The van der Waals surface area contributed by atoms with E-state index in [4.69, 9.17) is 95.7 Å². The van der Waals surface area contributed by atoms with E-state index in [0.717, 1.165) is 14.2 Å². The van der Waals surface area contributed by atoms with Gasteiger partial charge in [0, 0.05) is 40.0 Å². The van der Waals surface area contributed by atoms with Crippen molar-refractivity contribution >= 4 is 66.1 Å². The smallest absolute Gasteiger partial charge is 0.477 e. The highest BCUT2D eigenvalue weighted by Crippen LogP contribution is 2.31. The molecule has 0 aromatic rings. The number of esters is 2. The maximum atomic E-state index is 13.7. The highest BCUT2D eigenvalue weighted by Gasteiger charge is 2.52. The van der Waals surface area contributed by atoms with Crippen LogP contribution >= 0.6 is 0 Å². The van der Waals surface area contributed by atoms with Gasteiger partial charge in [-0.05, 0) is 44.3 Å². The molecule has 0 aliphatic carbocycles. The predicted octanol–water partition coefficient (Wildman–Crippen LogP) is -2.68. The Morgan fingerprint density at radius 3 is 1.42 bits per heavy atom. The number of amides is 5. The van der Waals surface area contributed by atoms with Crippen LogP contribution < -0.4 is 44.2 Å². The highest BCUT2D eigenvalue weighted by molar-refractivity contribution is 5.88. The number of alkyl carbamates (subject to hydrolysis) is 2. The molecule has 12 N–H and O–H groups in total. The Balaban J connectivity index is 1.36. The van der Waals surface area contributed by atoms with Crippen LogP contribution in [0.15, 0.2) is 33.7 Å². The molecular formula is C51H77N11O23. The molecule has 0 unspecified atom stereocenters. The van der Waals surface area contributed by atoms with Crippen molar-refractivity contribution in [1.82, 2.24) is 26.2 Å². The monoisotopic (exact) mass is 1210 g/mol. The first-order valence-electron chi connectivity index (χ1n) is 27.0. The van der Waals surface area contributed by atoms with Gasteiger partial charge in [-0.1, -0.05) is 5.92 Å². The normalized spacial score (nSPS) is 21.9. The summed E-state index contributed by atoms with van der Waals surface area (Å²) in [4.78, 5) is 125. The number of nitrogens with zero attached hydrogens (tertiary/aromatic N) is 3. The number of hydrogen-bond donors (Lipinski definition) is 8. The molecule has 0 spiro atoms. The molecule has 34 heteroatoms. The van der Waals surface area contributed by atoms with Crippen LogP contribution in [-0.2, 0) is 90.3 Å². The van der Waals surface area contributed by atoms with Gasteiger partial charge in [0.05, 0.1) is 91.1 Å². The zero-order valence-corrected chi connectivity index (χ0v) is 47.7. The standard InChI is InChI=1S/C51H77N11O23/c1-6-17-74-19-21-76-23-24-77-22-20-75-18-12-37(65)62(16-11-9-14-57-49(69)85-41(36-28-79-51(71)83-36)43-39(59-30(3)64)32(61-47(54)55)26-34(81-43)45(67)73-5)15-10-7-8-13-56-48(68)84-40(35-27-78-50(70)82-35)42-38(58-29(2)63)31(60-46(52)53)25-33(80-42)44(66)72-4/h1,25-26,31-32,35-36,38-43H,7-24,27-28H2,2-5H3,(H,56,68)(H,57,69)(H,58,63)(H,59,64)(H4,52,53,60)(H4,54,55,61)/t31-,32-,35+,36+,38+,39+,40+,41+,42+,43+/m0/s1. The molecule has 2 saturated heterocycles. The van der Waals surface area contributed by atoms with Gasteiger partial charge in [0.25, 0.3) is 0 Å². The van der Waals surface area contributed by atoms with Crippen molar-refractivity contribution in [3.05, 3.63) is 23.7 Å². The van der Waals surface area contributed by atoms with Crippen LogP contribution in [0.1, 0.15) is 52.4 Å². The number of rotatable bonds is 36. The Kier molecular flexibility index (Phi) is 29.9. The van der Waals surface area contributed by atoms with Crippen LogP contribution in [-0.4, -0.2) is 238 Å². The molecule has 474 valence electrons. The van der Waals surface area contributed by atoms with Gasteiger partial charge in [0.15, 0.2) is 48.5 Å². The molecule has 4 heterocycles. The number of hydrogen-bond acceptors (Lipinski definition) is 25. The van der Waals surface area contributed by atoms with E-state index >= 15 is 0 Å². The Morgan fingerprint density at radius 2 is 1.04 bits per heavy atom. The molecule has 34 nitrogen and oxygen atoms in total. The summed E-state index contributed by atoms with van der Waals surface area (Å²) in [6, 6.07) is -4.66. The van der Waals surface area contributed by atoms with E-state index in [1.165, 1.54) is 26.0 Å². The average Bonchev–Trinajstić information content (AvgIpc) is 2.79. The molecule has 10 atom stereocenters. The largest absolute Gasteiger partial charge is 0.508 e. The molecule has 0 radical (unpaired) electrons. The minimum absolute atomic E-state index is 0.0202. The minimum atomic E-state index is -1.53. The van der Waals surface area contributed by atoms with E-state index in [2.05, 4.69) is 37.2 Å². The van der Waals surface area contributed by atoms with Crippen molar-refractivity contribution in [2.24, 2.45) is 32.9 Å². The molecule has 0 bridgehead atoms. The fraction of sp³-hybridized carbons (Fsp3) is 0.667. The van der Waals surface area contributed by atoms with Crippen molar-refractivity contribution in [3.8, 4) is 12.3 Å². The summed E-state index contributed by atoms with van der Waals surface area (Å²) >= 11 is 0. The van der Waals surface area contributed by atoms with E-state index in [1.807, 2.05) is 0 Å². The SMILES string of the molecule is C#CCOCCOCCOCCOCCC(=O)N(CCCCCNC(=O)O[C@@H]([C@@H]1OC(C(=O)OC)=C[C@H](N=C(N)N)[C@H]1NC(C)=O)[C@H]1COC(=O)O1)CCCCNC(=O)O[C@@H]([C@@H]1OC(C(=O)OC)=C[C@H](N=C(N)N)[C@H]1NC(C)=O)[C@H]1COC(=O)O1. The van der Waals surface area contributed by atoms with Gasteiger partial charge in [-0.3, -0.25) is 14.4 Å². The summed E-state index contributed by atoms with van der Waals surface area (Å²) < 4.78 is 75.2. The van der Waals surface area contributed by atoms with E-state index < -0.39 is 140 Å². The van der Waals surface area contributed by atoms with Crippen LogP contribution in [0.4, 0.5) is 19.2 Å². The molecular weight excluding hydrogens is 1130 g/mol. The minimum Gasteiger partial charge on any atom is -0.477 e. The maximum Gasteiger partial charge on any atom is 0.508 e. The first kappa shape index (κ1) is 68.9. The predicted molar refractivity (Wildman–Crippen MR) is 290 cm³/mol. The molecule has 0 aromatic carbocycles. The number of aliphatic imine (C=N–C) groups is 2. The van der Waals surface area contributed by atoms with Crippen LogP contribution in [0.25, 0.3) is 0 Å². The lowest BCUT2D eigenvalue weighted by molar-refractivity contribution is -0.148. The van der Waals surface area contributed by atoms with Gasteiger partial charge < -0.3 is 115 Å². The third-order valence-corrected chi connectivity index (χ3v) is 12.4. The molecule has 85 heavy (non-hydrogen) atoms. The van der Waals surface area contributed by atoms with Gasteiger partial charge in [0.1, 0.15) is 19.8 Å². The zero-order chi connectivity index (χ0) is 62.3. The number of guanidine groups is 2. The zero-order valence-electron chi connectivity index (χ0n) is 47.7. The lowest BCUT2D eigenvalue weighted by Crippen LogP contribution is -2.61. The van der Waals surface area contributed by atoms with E-state index in [1.54, 1.807) is 4.90 Å². The van der Waals surface area contributed by atoms with E-state index in [0.29, 0.717) is 58.5 Å². The van der Waals surface area contributed by atoms with Crippen LogP contribution in [0.3, 0.4) is 0 Å². The quantitative estimate of drug-likeness (QED) is 0.00791. The molecule has 0 aromatic heterocycles. The fourth-order valence-electron chi connectivity index (χ4n) is 8.71. The number of methoxy groups -OCH3 is 2. The van der Waals surface area contributed by atoms with E-state index in [-0.39, 0.29) is 70.7 Å². The molecule has 0 saturated carbocycles. The third-order valence-electron chi connectivity index (χ3n) is 12.4. The second-order valence-electron chi connectivity index (χ2n) is 18.8. The number of cyclic esters (lactones) is 4. The Labute approximate surface area is 489 Å². The molecule has 5 amide bonds. The number of carbonyl (C=O) groups is 9. The summed E-state index contributed by atoms with van der Waals surface area (Å²) in [5, 5.41) is 10.5. The van der Waals surface area contributed by atoms with Crippen LogP contribution in [0.2, 0.25) is 0 Å². The molecule has 4 aliphatic heterocycles. The Morgan fingerprint density at radius 1 is 0.624 bits per heavy atom. The van der Waals surface area contributed by atoms with Crippen molar-refractivity contribution < 1.29 is 109 Å².